The minimum atomic E-state index is -0.0321. The topological polar surface area (TPSA) is 62.5 Å². The van der Waals surface area contributed by atoms with E-state index in [1.54, 1.807) is 6.20 Å². The van der Waals surface area contributed by atoms with E-state index < -0.39 is 0 Å². The molecule has 7 heteroatoms. The molecule has 2 N–H and O–H groups in total. The number of aromatic nitrogens is 1. The monoisotopic (exact) mass is 382 g/mol. The van der Waals surface area contributed by atoms with Crippen LogP contribution in [0.25, 0.3) is 0 Å². The lowest BCUT2D eigenvalue weighted by Crippen LogP contribution is -2.32. The number of carbonyl (C=O) groups is 1. The number of nitrogens with two attached hydrogens (primary N) is 1. The van der Waals surface area contributed by atoms with Crippen molar-refractivity contribution < 1.29 is 4.79 Å². The van der Waals surface area contributed by atoms with Crippen LogP contribution in [0.2, 0.25) is 0 Å². The molecule has 1 aromatic heterocycles. The summed E-state index contributed by atoms with van der Waals surface area (Å²) in [6, 6.07) is 13.8. The summed E-state index contributed by atoms with van der Waals surface area (Å²) in [4.78, 5) is 20.7. The lowest BCUT2D eigenvalue weighted by Gasteiger charge is -2.17. The van der Waals surface area contributed by atoms with Crippen LogP contribution in [0.15, 0.2) is 48.7 Å². The lowest BCUT2D eigenvalue weighted by molar-refractivity contribution is 0.0789. The molecule has 25 heavy (non-hydrogen) atoms. The zero-order valence-electron chi connectivity index (χ0n) is 14.3. The Hall–Kier alpha value is -1.82. The van der Waals surface area contributed by atoms with E-state index in [0.717, 1.165) is 5.82 Å². The smallest absolute Gasteiger partial charge is 0.255 e. The number of anilines is 1. The van der Waals surface area contributed by atoms with E-state index in [4.69, 9.17) is 5.73 Å². The fraction of sp³-hybridized carbons (Fsp3) is 0.333. The Labute approximate surface area is 161 Å². The van der Waals surface area contributed by atoms with E-state index in [1.165, 1.54) is 5.56 Å². The van der Waals surface area contributed by atoms with Crippen molar-refractivity contribution >= 4 is 36.5 Å². The largest absolute Gasteiger partial charge is 0.363 e. The average Bonchev–Trinajstić information content (AvgIpc) is 2.97. The van der Waals surface area contributed by atoms with Gasteiger partial charge in [0.15, 0.2) is 0 Å². The highest BCUT2D eigenvalue weighted by molar-refractivity contribution is 5.94. The van der Waals surface area contributed by atoms with Crippen molar-refractivity contribution in [1.29, 1.82) is 0 Å². The summed E-state index contributed by atoms with van der Waals surface area (Å²) < 4.78 is 0. The number of likely N-dealkylation sites (tertiary alicyclic amines) is 1. The Morgan fingerprint density at radius 1 is 1.12 bits per heavy atom. The summed E-state index contributed by atoms with van der Waals surface area (Å²) in [7, 11) is 3.85. The molecule has 3 rings (SSSR count). The Morgan fingerprint density at radius 2 is 1.80 bits per heavy atom. The van der Waals surface area contributed by atoms with Crippen LogP contribution in [0.4, 0.5) is 5.82 Å². The van der Waals surface area contributed by atoms with E-state index in [-0.39, 0.29) is 42.7 Å². The van der Waals surface area contributed by atoms with Gasteiger partial charge in [0.25, 0.3) is 5.91 Å². The molecule has 0 radical (unpaired) electrons. The molecule has 1 amide bonds. The molecule has 2 aromatic rings. The van der Waals surface area contributed by atoms with Crippen LogP contribution in [-0.4, -0.2) is 49.0 Å². The summed E-state index contributed by atoms with van der Waals surface area (Å²) in [6.07, 6.45) is 1.64. The number of hydrogen-bond acceptors (Lipinski definition) is 4. The first-order valence-corrected chi connectivity index (χ1v) is 7.79. The van der Waals surface area contributed by atoms with Crippen molar-refractivity contribution in [3.63, 3.8) is 0 Å². The Morgan fingerprint density at radius 3 is 2.36 bits per heavy atom. The molecule has 1 saturated heterocycles. The number of pyridine rings is 1. The van der Waals surface area contributed by atoms with Crippen LogP contribution in [0.5, 0.6) is 0 Å². The number of carbonyl (C=O) groups excluding carboxylic acids is 1. The standard InChI is InChI=1S/C18H22N4O.2ClH/c1-21(2)17-9-8-14(10-20-17)18(23)22-11-15(16(19)12-22)13-6-4-3-5-7-13;;/h3-10,15-16H,11-12,19H2,1-2H3;2*1H/t15-,16+;;/m0../s1. The molecule has 0 unspecified atom stereocenters. The van der Waals surface area contributed by atoms with Crippen molar-refractivity contribution in [1.82, 2.24) is 9.88 Å². The summed E-state index contributed by atoms with van der Waals surface area (Å²) in [5, 5.41) is 0. The van der Waals surface area contributed by atoms with E-state index >= 15 is 0 Å². The maximum absolute atomic E-state index is 12.7. The average molecular weight is 383 g/mol. The summed E-state index contributed by atoms with van der Waals surface area (Å²) >= 11 is 0. The van der Waals surface area contributed by atoms with Crippen LogP contribution in [0.3, 0.4) is 0 Å². The zero-order valence-corrected chi connectivity index (χ0v) is 16.0. The Kier molecular flexibility index (Phi) is 7.67. The van der Waals surface area contributed by atoms with E-state index in [1.807, 2.05) is 54.2 Å². The first-order valence-electron chi connectivity index (χ1n) is 7.79. The normalized spacial score (nSPS) is 18.9. The number of hydrogen-bond donors (Lipinski definition) is 1. The SMILES string of the molecule is CN(C)c1ccc(C(=O)N2C[C@@H](N)[C@H](c3ccccc3)C2)cn1.Cl.Cl. The highest BCUT2D eigenvalue weighted by Crippen LogP contribution is 2.27. The van der Waals surface area contributed by atoms with Crippen molar-refractivity contribution in [3.8, 4) is 0 Å². The highest BCUT2D eigenvalue weighted by Gasteiger charge is 2.34. The van der Waals surface area contributed by atoms with E-state index in [2.05, 4.69) is 17.1 Å². The van der Waals surface area contributed by atoms with Gasteiger partial charge in [0.2, 0.25) is 0 Å². The van der Waals surface area contributed by atoms with Crippen LogP contribution >= 0.6 is 24.8 Å². The molecule has 2 heterocycles. The lowest BCUT2D eigenvalue weighted by atomic mass is 9.95. The first kappa shape index (κ1) is 21.2. The molecule has 136 valence electrons. The second kappa shape index (κ2) is 9.04. The zero-order chi connectivity index (χ0) is 16.4. The third kappa shape index (κ3) is 4.63. The fourth-order valence-corrected chi connectivity index (χ4v) is 3.01. The molecule has 0 saturated carbocycles. The predicted octanol–water partition coefficient (Wildman–Crippen LogP) is 2.56. The van der Waals surface area contributed by atoms with Crippen LogP contribution in [0.1, 0.15) is 21.8 Å². The number of amides is 1. The number of halogens is 2. The molecular formula is C18H24Cl2N4O. The van der Waals surface area contributed by atoms with Gasteiger partial charge in [-0.15, -0.1) is 24.8 Å². The molecule has 1 fully saturated rings. The highest BCUT2D eigenvalue weighted by atomic mass is 35.5. The van der Waals surface area contributed by atoms with Gasteiger partial charge in [-0.25, -0.2) is 4.98 Å². The van der Waals surface area contributed by atoms with Gasteiger partial charge in [-0.05, 0) is 17.7 Å². The number of rotatable bonds is 3. The summed E-state index contributed by atoms with van der Waals surface area (Å²) in [5.74, 6) is 1.02. The van der Waals surface area contributed by atoms with Gasteiger partial charge in [0, 0.05) is 45.3 Å². The maximum Gasteiger partial charge on any atom is 0.255 e. The second-order valence-electron chi connectivity index (χ2n) is 6.19. The van der Waals surface area contributed by atoms with Crippen LogP contribution in [0, 0.1) is 0 Å². The molecule has 1 aromatic carbocycles. The second-order valence-corrected chi connectivity index (χ2v) is 6.19. The maximum atomic E-state index is 12.7. The van der Waals surface area contributed by atoms with Gasteiger partial charge in [-0.2, -0.15) is 0 Å². The predicted molar refractivity (Wildman–Crippen MR) is 106 cm³/mol. The van der Waals surface area contributed by atoms with Gasteiger partial charge in [-0.3, -0.25) is 4.79 Å². The molecular weight excluding hydrogens is 359 g/mol. The third-order valence-corrected chi connectivity index (χ3v) is 4.33. The molecule has 0 aliphatic carbocycles. The summed E-state index contributed by atoms with van der Waals surface area (Å²) in [6.45, 7) is 1.23. The molecule has 5 nitrogen and oxygen atoms in total. The molecule has 1 aliphatic rings. The number of nitrogens with zero attached hydrogens (tertiary/aromatic N) is 3. The molecule has 0 spiro atoms. The Balaban J connectivity index is 0.00000156. The van der Waals surface area contributed by atoms with Gasteiger partial charge < -0.3 is 15.5 Å². The van der Waals surface area contributed by atoms with Gasteiger partial charge >= 0.3 is 0 Å². The van der Waals surface area contributed by atoms with Gasteiger partial charge in [-0.1, -0.05) is 30.3 Å². The van der Waals surface area contributed by atoms with Gasteiger partial charge in [0.05, 0.1) is 5.56 Å². The van der Waals surface area contributed by atoms with E-state index in [0.29, 0.717) is 18.7 Å². The quantitative estimate of drug-likeness (QED) is 0.885. The van der Waals surface area contributed by atoms with Crippen molar-refractivity contribution in [2.24, 2.45) is 5.73 Å². The minimum absolute atomic E-state index is 0. The first-order chi connectivity index (χ1) is 11.1. The third-order valence-electron chi connectivity index (χ3n) is 4.33. The van der Waals surface area contributed by atoms with Crippen molar-refractivity contribution in [2.45, 2.75) is 12.0 Å². The fourth-order valence-electron chi connectivity index (χ4n) is 3.01. The van der Waals surface area contributed by atoms with E-state index in [9.17, 15) is 4.79 Å². The van der Waals surface area contributed by atoms with Crippen LogP contribution < -0.4 is 10.6 Å². The van der Waals surface area contributed by atoms with Crippen molar-refractivity contribution in [3.05, 3.63) is 59.8 Å². The van der Waals surface area contributed by atoms with Gasteiger partial charge in [0.1, 0.15) is 5.82 Å². The molecule has 0 bridgehead atoms. The molecule has 1 aliphatic heterocycles. The Bertz CT molecular complexity index is 679. The minimum Gasteiger partial charge on any atom is -0.363 e. The number of benzene rings is 1. The van der Waals surface area contributed by atoms with Crippen molar-refractivity contribution in [2.75, 3.05) is 32.1 Å². The van der Waals surface area contributed by atoms with Crippen LogP contribution in [-0.2, 0) is 0 Å². The molecule has 2 atom stereocenters. The summed E-state index contributed by atoms with van der Waals surface area (Å²) in [5.41, 5.74) is 8.06.